The van der Waals surface area contributed by atoms with Gasteiger partial charge < -0.3 is 10.1 Å². The number of benzene rings is 1. The van der Waals surface area contributed by atoms with Gasteiger partial charge in [0.25, 0.3) is 0 Å². The summed E-state index contributed by atoms with van der Waals surface area (Å²) in [5.41, 5.74) is 1.41. The zero-order valence-electron chi connectivity index (χ0n) is 13.0. The maximum atomic E-state index is 5.74. The molecule has 0 aliphatic heterocycles. The number of nitrogens with one attached hydrogen (secondary N) is 1. The molecule has 0 heterocycles. The highest BCUT2D eigenvalue weighted by molar-refractivity contribution is 5.29. The molecule has 2 heteroatoms. The molecule has 112 valence electrons. The van der Waals surface area contributed by atoms with Gasteiger partial charge >= 0.3 is 0 Å². The molecule has 1 aromatic carbocycles. The minimum absolute atomic E-state index is 0.521. The number of rotatable bonds is 10. The molecular formula is C18H29NO. The second kappa shape index (κ2) is 8.31. The summed E-state index contributed by atoms with van der Waals surface area (Å²) in [5.74, 6) is 1.95. The number of hydrogen-bond acceptors (Lipinski definition) is 2. The minimum atomic E-state index is 0.521. The van der Waals surface area contributed by atoms with Gasteiger partial charge in [-0.25, -0.2) is 0 Å². The zero-order chi connectivity index (χ0) is 14.2. The van der Waals surface area contributed by atoms with Crippen LogP contribution in [0.25, 0.3) is 0 Å². The molecule has 1 N–H and O–H groups in total. The molecule has 2 rings (SSSR count). The summed E-state index contributed by atoms with van der Waals surface area (Å²) in [6, 6.07) is 9.23. The third-order valence-electron chi connectivity index (χ3n) is 3.96. The van der Waals surface area contributed by atoms with Gasteiger partial charge in [-0.2, -0.15) is 0 Å². The van der Waals surface area contributed by atoms with Crippen molar-refractivity contribution in [3.05, 3.63) is 29.8 Å². The fourth-order valence-corrected chi connectivity index (χ4v) is 2.47. The van der Waals surface area contributed by atoms with Gasteiger partial charge in [0, 0.05) is 6.04 Å². The first-order chi connectivity index (χ1) is 9.83. The number of unbranched alkanes of at least 4 members (excludes halogenated alkanes) is 1. The lowest BCUT2D eigenvalue weighted by molar-refractivity contribution is 0.309. The molecule has 0 aromatic heterocycles. The molecule has 1 atom stereocenters. The molecule has 0 bridgehead atoms. The van der Waals surface area contributed by atoms with Crippen LogP contribution in [0, 0.1) is 5.92 Å². The molecule has 0 amide bonds. The molecular weight excluding hydrogens is 246 g/mol. The predicted octanol–water partition coefficient (Wildman–Crippen LogP) is 4.71. The quantitative estimate of drug-likeness (QED) is 0.625. The predicted molar refractivity (Wildman–Crippen MR) is 85.2 cm³/mol. The van der Waals surface area contributed by atoms with Crippen LogP contribution >= 0.6 is 0 Å². The fraction of sp³-hybridized carbons (Fsp3) is 0.667. The molecule has 1 aliphatic carbocycles. The monoisotopic (exact) mass is 275 g/mol. The Bertz CT molecular complexity index is 370. The van der Waals surface area contributed by atoms with Crippen LogP contribution < -0.4 is 10.1 Å². The average Bonchev–Trinajstić information content (AvgIpc) is 3.29. The minimum Gasteiger partial charge on any atom is -0.494 e. The van der Waals surface area contributed by atoms with Crippen LogP contribution in [-0.4, -0.2) is 13.2 Å². The zero-order valence-corrected chi connectivity index (χ0v) is 13.0. The lowest BCUT2D eigenvalue weighted by Gasteiger charge is -2.19. The highest BCUT2D eigenvalue weighted by Crippen LogP contribution is 2.37. The summed E-state index contributed by atoms with van der Waals surface area (Å²) in [7, 11) is 0. The van der Waals surface area contributed by atoms with E-state index in [0.29, 0.717) is 6.04 Å². The van der Waals surface area contributed by atoms with Gasteiger partial charge in [0.2, 0.25) is 0 Å². The largest absolute Gasteiger partial charge is 0.494 e. The Hall–Kier alpha value is -1.02. The van der Waals surface area contributed by atoms with Crippen molar-refractivity contribution in [2.24, 2.45) is 5.92 Å². The molecule has 0 spiro atoms. The summed E-state index contributed by atoms with van der Waals surface area (Å²) in [4.78, 5) is 0. The first kappa shape index (κ1) is 15.4. The van der Waals surface area contributed by atoms with Gasteiger partial charge in [0.15, 0.2) is 0 Å². The first-order valence-corrected chi connectivity index (χ1v) is 8.29. The molecule has 0 saturated heterocycles. The number of hydrogen-bond donors (Lipinski definition) is 1. The van der Waals surface area contributed by atoms with E-state index in [9.17, 15) is 0 Å². The van der Waals surface area contributed by atoms with Crippen molar-refractivity contribution in [3.8, 4) is 5.75 Å². The Morgan fingerprint density at radius 2 is 1.90 bits per heavy atom. The molecule has 0 radical (unpaired) electrons. The van der Waals surface area contributed by atoms with E-state index in [1.165, 1.54) is 37.7 Å². The van der Waals surface area contributed by atoms with Crippen LogP contribution in [-0.2, 0) is 0 Å². The van der Waals surface area contributed by atoms with Crippen LogP contribution in [0.15, 0.2) is 24.3 Å². The Kier molecular flexibility index (Phi) is 6.38. The molecule has 1 aromatic rings. The summed E-state index contributed by atoms with van der Waals surface area (Å²) < 4.78 is 5.74. The van der Waals surface area contributed by atoms with Crippen molar-refractivity contribution in [3.63, 3.8) is 0 Å². The van der Waals surface area contributed by atoms with Crippen molar-refractivity contribution >= 4 is 0 Å². The lowest BCUT2D eigenvalue weighted by Crippen LogP contribution is -2.22. The van der Waals surface area contributed by atoms with Crippen molar-refractivity contribution in [2.45, 2.75) is 58.4 Å². The smallest absolute Gasteiger partial charge is 0.119 e. The van der Waals surface area contributed by atoms with E-state index in [1.54, 1.807) is 0 Å². The van der Waals surface area contributed by atoms with Crippen molar-refractivity contribution in [1.82, 2.24) is 5.32 Å². The van der Waals surface area contributed by atoms with Crippen molar-refractivity contribution in [2.75, 3.05) is 13.2 Å². The van der Waals surface area contributed by atoms with Crippen LogP contribution in [0.4, 0.5) is 0 Å². The topological polar surface area (TPSA) is 21.3 Å². The molecule has 20 heavy (non-hydrogen) atoms. The van der Waals surface area contributed by atoms with E-state index in [4.69, 9.17) is 4.74 Å². The van der Waals surface area contributed by atoms with E-state index in [0.717, 1.165) is 31.2 Å². The fourth-order valence-electron chi connectivity index (χ4n) is 2.47. The van der Waals surface area contributed by atoms with E-state index in [2.05, 4.69) is 43.4 Å². The molecule has 1 aliphatic rings. The summed E-state index contributed by atoms with van der Waals surface area (Å²) in [6.45, 7) is 6.35. The summed E-state index contributed by atoms with van der Waals surface area (Å²) in [5, 5.41) is 3.69. The highest BCUT2D eigenvalue weighted by Gasteiger charge is 2.25. The van der Waals surface area contributed by atoms with E-state index in [-0.39, 0.29) is 0 Å². The van der Waals surface area contributed by atoms with Gasteiger partial charge in [-0.1, -0.05) is 45.2 Å². The third kappa shape index (κ3) is 5.16. The van der Waals surface area contributed by atoms with Gasteiger partial charge in [-0.3, -0.25) is 0 Å². The van der Waals surface area contributed by atoms with Crippen LogP contribution in [0.2, 0.25) is 0 Å². The van der Waals surface area contributed by atoms with Gasteiger partial charge in [-0.15, -0.1) is 0 Å². The van der Waals surface area contributed by atoms with Crippen LogP contribution in [0.1, 0.15) is 64.0 Å². The Labute approximate surface area is 123 Å². The normalized spacial score (nSPS) is 16.1. The van der Waals surface area contributed by atoms with E-state index >= 15 is 0 Å². The number of ether oxygens (including phenoxy) is 1. The van der Waals surface area contributed by atoms with Gasteiger partial charge in [0.05, 0.1) is 6.61 Å². The Morgan fingerprint density at radius 1 is 1.15 bits per heavy atom. The van der Waals surface area contributed by atoms with Gasteiger partial charge in [-0.05, 0) is 49.4 Å². The van der Waals surface area contributed by atoms with E-state index in [1.807, 2.05) is 0 Å². The Balaban J connectivity index is 1.89. The van der Waals surface area contributed by atoms with Crippen molar-refractivity contribution in [1.29, 1.82) is 0 Å². The molecule has 2 nitrogen and oxygen atoms in total. The SMILES string of the molecule is CCCCOc1ccc(C(CC2CC2)NCCC)cc1. The lowest BCUT2D eigenvalue weighted by atomic mass is 10.0. The molecule has 1 saturated carbocycles. The van der Waals surface area contributed by atoms with Crippen LogP contribution in [0.5, 0.6) is 5.75 Å². The van der Waals surface area contributed by atoms with Crippen molar-refractivity contribution < 1.29 is 4.74 Å². The van der Waals surface area contributed by atoms with Crippen LogP contribution in [0.3, 0.4) is 0 Å². The standard InChI is InChI=1S/C18H29NO/c1-3-5-13-20-17-10-8-16(9-11-17)18(19-12-4-2)14-15-6-7-15/h8-11,15,18-19H,3-7,12-14H2,1-2H3. The highest BCUT2D eigenvalue weighted by atomic mass is 16.5. The average molecular weight is 275 g/mol. The maximum Gasteiger partial charge on any atom is 0.119 e. The Morgan fingerprint density at radius 3 is 2.50 bits per heavy atom. The molecule has 1 fully saturated rings. The molecule has 1 unspecified atom stereocenters. The summed E-state index contributed by atoms with van der Waals surface area (Å²) >= 11 is 0. The van der Waals surface area contributed by atoms with E-state index < -0.39 is 0 Å². The first-order valence-electron chi connectivity index (χ1n) is 8.29. The summed E-state index contributed by atoms with van der Waals surface area (Å²) in [6.07, 6.45) is 7.63. The maximum absolute atomic E-state index is 5.74. The second-order valence-electron chi connectivity index (χ2n) is 5.96. The third-order valence-corrected chi connectivity index (χ3v) is 3.96. The second-order valence-corrected chi connectivity index (χ2v) is 5.96. The van der Waals surface area contributed by atoms with Gasteiger partial charge in [0.1, 0.15) is 5.75 Å².